The second-order valence-corrected chi connectivity index (χ2v) is 6.07. The van der Waals surface area contributed by atoms with E-state index in [-0.39, 0.29) is 5.56 Å². The molecule has 3 aromatic rings. The Balaban J connectivity index is 1.72. The summed E-state index contributed by atoms with van der Waals surface area (Å²) in [6.07, 6.45) is 2.04. The van der Waals surface area contributed by atoms with E-state index in [1.54, 1.807) is 25.1 Å². The van der Waals surface area contributed by atoms with E-state index in [0.29, 0.717) is 16.2 Å². The molecule has 0 aliphatic heterocycles. The number of para-hydroxylation sites is 1. The Morgan fingerprint density at radius 3 is 2.75 bits per heavy atom. The van der Waals surface area contributed by atoms with Crippen molar-refractivity contribution < 1.29 is 14.3 Å². The first-order valence-electron chi connectivity index (χ1n) is 7.06. The van der Waals surface area contributed by atoms with Crippen LogP contribution >= 0.6 is 11.3 Å². The molecular formula is C15H13N5O3S. The van der Waals surface area contributed by atoms with Crippen molar-refractivity contribution in [3.05, 3.63) is 41.2 Å². The molecule has 0 spiro atoms. The Hall–Kier alpha value is -2.94. The molecule has 0 aliphatic rings. The van der Waals surface area contributed by atoms with Gasteiger partial charge in [-0.1, -0.05) is 17.4 Å². The summed E-state index contributed by atoms with van der Waals surface area (Å²) in [5.74, 6) is -1.12. The SMILES string of the molecule is Cc1nnc(NC(=O)C(C)OC(=O)c2cccc3nccnc23)s1. The van der Waals surface area contributed by atoms with Crippen molar-refractivity contribution in [1.29, 1.82) is 0 Å². The van der Waals surface area contributed by atoms with E-state index in [2.05, 4.69) is 25.5 Å². The van der Waals surface area contributed by atoms with Crippen LogP contribution < -0.4 is 5.32 Å². The summed E-state index contributed by atoms with van der Waals surface area (Å²) < 4.78 is 5.22. The number of benzene rings is 1. The molecule has 1 aromatic carbocycles. The average Bonchev–Trinajstić information content (AvgIpc) is 2.99. The van der Waals surface area contributed by atoms with Gasteiger partial charge in [-0.3, -0.25) is 20.1 Å². The highest BCUT2D eigenvalue weighted by Gasteiger charge is 2.21. The van der Waals surface area contributed by atoms with E-state index >= 15 is 0 Å². The minimum Gasteiger partial charge on any atom is -0.449 e. The second kappa shape index (κ2) is 6.67. The molecule has 0 radical (unpaired) electrons. The molecule has 2 heterocycles. The molecule has 9 heteroatoms. The number of rotatable bonds is 4. The van der Waals surface area contributed by atoms with E-state index in [9.17, 15) is 9.59 Å². The Kier molecular flexibility index (Phi) is 4.43. The molecule has 1 N–H and O–H groups in total. The molecule has 1 atom stereocenters. The molecular weight excluding hydrogens is 330 g/mol. The van der Waals surface area contributed by atoms with Crippen LogP contribution in [0.1, 0.15) is 22.3 Å². The molecule has 3 rings (SSSR count). The lowest BCUT2D eigenvalue weighted by molar-refractivity contribution is -0.123. The molecule has 24 heavy (non-hydrogen) atoms. The van der Waals surface area contributed by atoms with E-state index < -0.39 is 18.0 Å². The van der Waals surface area contributed by atoms with Crippen molar-refractivity contribution in [2.75, 3.05) is 5.32 Å². The Morgan fingerprint density at radius 2 is 2.00 bits per heavy atom. The number of hydrogen-bond acceptors (Lipinski definition) is 8. The zero-order valence-electron chi connectivity index (χ0n) is 12.9. The summed E-state index contributed by atoms with van der Waals surface area (Å²) in [4.78, 5) is 32.7. The third kappa shape index (κ3) is 3.35. The smallest absolute Gasteiger partial charge is 0.341 e. The third-order valence-corrected chi connectivity index (χ3v) is 3.88. The van der Waals surface area contributed by atoms with Gasteiger partial charge in [0.25, 0.3) is 5.91 Å². The van der Waals surface area contributed by atoms with Gasteiger partial charge in [0.05, 0.1) is 11.1 Å². The van der Waals surface area contributed by atoms with Crippen LogP contribution in [0.5, 0.6) is 0 Å². The van der Waals surface area contributed by atoms with Crippen LogP contribution in [0.15, 0.2) is 30.6 Å². The van der Waals surface area contributed by atoms with Gasteiger partial charge < -0.3 is 4.74 Å². The van der Waals surface area contributed by atoms with Crippen molar-refractivity contribution in [1.82, 2.24) is 20.2 Å². The highest BCUT2D eigenvalue weighted by molar-refractivity contribution is 7.15. The summed E-state index contributed by atoms with van der Waals surface area (Å²) >= 11 is 1.24. The van der Waals surface area contributed by atoms with Gasteiger partial charge in [-0.15, -0.1) is 10.2 Å². The summed E-state index contributed by atoms with van der Waals surface area (Å²) in [6, 6.07) is 5.01. The average molecular weight is 343 g/mol. The molecule has 0 fully saturated rings. The lowest BCUT2D eigenvalue weighted by Gasteiger charge is -2.12. The van der Waals surface area contributed by atoms with Gasteiger partial charge in [0.15, 0.2) is 6.10 Å². The van der Waals surface area contributed by atoms with Gasteiger partial charge >= 0.3 is 5.97 Å². The highest BCUT2D eigenvalue weighted by atomic mass is 32.1. The van der Waals surface area contributed by atoms with Crippen LogP contribution in [0.25, 0.3) is 11.0 Å². The first-order chi connectivity index (χ1) is 11.5. The van der Waals surface area contributed by atoms with E-state index in [0.717, 1.165) is 5.01 Å². The number of ether oxygens (including phenoxy) is 1. The number of hydrogen-bond donors (Lipinski definition) is 1. The first-order valence-corrected chi connectivity index (χ1v) is 7.88. The Morgan fingerprint density at radius 1 is 1.21 bits per heavy atom. The minimum atomic E-state index is -0.992. The highest BCUT2D eigenvalue weighted by Crippen LogP contribution is 2.17. The number of carbonyl (C=O) groups is 2. The minimum absolute atomic E-state index is 0.256. The van der Waals surface area contributed by atoms with Crippen LogP contribution in [-0.2, 0) is 9.53 Å². The van der Waals surface area contributed by atoms with Gasteiger partial charge in [-0.05, 0) is 26.0 Å². The molecule has 0 aliphatic carbocycles. The predicted octanol–water partition coefficient (Wildman–Crippen LogP) is 1.97. The quantitative estimate of drug-likeness (QED) is 0.722. The second-order valence-electron chi connectivity index (χ2n) is 4.89. The fourth-order valence-corrected chi connectivity index (χ4v) is 2.58. The third-order valence-electron chi connectivity index (χ3n) is 3.13. The Labute approximate surface area is 140 Å². The number of amides is 1. The lowest BCUT2D eigenvalue weighted by Crippen LogP contribution is -2.30. The number of aromatic nitrogens is 4. The van der Waals surface area contributed by atoms with Gasteiger partial charge in [0.1, 0.15) is 10.5 Å². The number of esters is 1. The zero-order chi connectivity index (χ0) is 17.1. The van der Waals surface area contributed by atoms with Gasteiger partial charge in [0, 0.05) is 12.4 Å². The number of aryl methyl sites for hydroxylation is 1. The topological polar surface area (TPSA) is 107 Å². The Bertz CT molecular complexity index is 906. The van der Waals surface area contributed by atoms with E-state index in [4.69, 9.17) is 4.74 Å². The predicted molar refractivity (Wildman–Crippen MR) is 87.7 cm³/mol. The van der Waals surface area contributed by atoms with E-state index in [1.165, 1.54) is 30.7 Å². The van der Waals surface area contributed by atoms with Gasteiger partial charge in [0.2, 0.25) is 5.13 Å². The molecule has 8 nitrogen and oxygen atoms in total. The maximum absolute atomic E-state index is 12.3. The maximum atomic E-state index is 12.3. The fraction of sp³-hybridized carbons (Fsp3) is 0.200. The molecule has 0 saturated heterocycles. The lowest BCUT2D eigenvalue weighted by atomic mass is 10.2. The van der Waals surface area contributed by atoms with Crippen molar-refractivity contribution in [2.24, 2.45) is 0 Å². The summed E-state index contributed by atoms with van der Waals surface area (Å²) in [7, 11) is 0. The summed E-state index contributed by atoms with van der Waals surface area (Å²) in [5.41, 5.74) is 1.26. The maximum Gasteiger partial charge on any atom is 0.341 e. The normalized spacial score (nSPS) is 11.9. The van der Waals surface area contributed by atoms with Crippen molar-refractivity contribution >= 4 is 39.4 Å². The van der Waals surface area contributed by atoms with Gasteiger partial charge in [-0.2, -0.15) is 0 Å². The zero-order valence-corrected chi connectivity index (χ0v) is 13.7. The summed E-state index contributed by atoms with van der Waals surface area (Å²) in [5, 5.41) is 11.2. The largest absolute Gasteiger partial charge is 0.449 e. The number of fused-ring (bicyclic) bond motifs is 1. The van der Waals surface area contributed by atoms with Gasteiger partial charge in [-0.25, -0.2) is 4.79 Å². The standard InChI is InChI=1S/C15H13N5O3S/c1-8(13(21)18-15-20-19-9(2)24-15)23-14(22)10-4-3-5-11-12(10)17-7-6-16-11/h3-8H,1-2H3,(H,18,20,21). The molecule has 1 unspecified atom stereocenters. The van der Waals surface area contributed by atoms with Crippen LogP contribution in [0, 0.1) is 6.92 Å². The van der Waals surface area contributed by atoms with Crippen LogP contribution in [-0.4, -0.2) is 38.1 Å². The molecule has 0 bridgehead atoms. The van der Waals surface area contributed by atoms with Crippen LogP contribution in [0.4, 0.5) is 5.13 Å². The first kappa shape index (κ1) is 15.9. The molecule has 0 saturated carbocycles. The van der Waals surface area contributed by atoms with Crippen LogP contribution in [0.2, 0.25) is 0 Å². The van der Waals surface area contributed by atoms with E-state index in [1.807, 2.05) is 0 Å². The number of nitrogens with one attached hydrogen (secondary N) is 1. The summed E-state index contributed by atoms with van der Waals surface area (Å²) in [6.45, 7) is 3.26. The monoisotopic (exact) mass is 343 g/mol. The number of carbonyl (C=O) groups excluding carboxylic acids is 2. The number of anilines is 1. The van der Waals surface area contributed by atoms with Crippen molar-refractivity contribution in [3.63, 3.8) is 0 Å². The fourth-order valence-electron chi connectivity index (χ4n) is 1.99. The molecule has 1 amide bonds. The van der Waals surface area contributed by atoms with Crippen LogP contribution in [0.3, 0.4) is 0 Å². The molecule has 2 aromatic heterocycles. The van der Waals surface area contributed by atoms with Crippen molar-refractivity contribution in [2.45, 2.75) is 20.0 Å². The number of nitrogens with zero attached hydrogens (tertiary/aromatic N) is 4. The molecule has 122 valence electrons. The van der Waals surface area contributed by atoms with Crippen molar-refractivity contribution in [3.8, 4) is 0 Å².